The molecule has 1 N–H and O–H groups in total. The fourth-order valence-corrected chi connectivity index (χ4v) is 4.28. The molecule has 0 bridgehead atoms. The number of aliphatic hydroxyl groups excluding tert-OH is 1. The highest BCUT2D eigenvalue weighted by atomic mass is 79.9. The van der Waals surface area contributed by atoms with Crippen molar-refractivity contribution in [3.8, 4) is 0 Å². The van der Waals surface area contributed by atoms with Crippen LogP contribution in [0.15, 0.2) is 77.3 Å². The van der Waals surface area contributed by atoms with Crippen molar-refractivity contribution in [1.82, 2.24) is 14.5 Å². The monoisotopic (exact) mass is 508 g/mol. The summed E-state index contributed by atoms with van der Waals surface area (Å²) in [6, 6.07) is 14.1. The predicted octanol–water partition coefficient (Wildman–Crippen LogP) is 4.22. The third-order valence-corrected chi connectivity index (χ3v) is 6.29. The standard InChI is InChI=1S/C25H25BrN4O3/c1-28(2)20-10-6-17(7-11-20)22-21(23(31)18-4-8-19(26)9-5-18)24(32)25(33)30(22)14-3-13-29-15-12-27-16-29/h4-12,15-16,22,31H,3,13-14H2,1-2H3/b23-21+. The lowest BCUT2D eigenvalue weighted by molar-refractivity contribution is -0.139. The molecule has 0 radical (unpaired) electrons. The lowest BCUT2D eigenvalue weighted by Gasteiger charge is -2.26. The molecule has 1 saturated heterocycles. The highest BCUT2D eigenvalue weighted by Gasteiger charge is 2.45. The van der Waals surface area contributed by atoms with Crippen molar-refractivity contribution in [2.24, 2.45) is 0 Å². The minimum Gasteiger partial charge on any atom is -0.507 e. The van der Waals surface area contributed by atoms with Gasteiger partial charge in [0.1, 0.15) is 5.76 Å². The zero-order valence-electron chi connectivity index (χ0n) is 18.5. The summed E-state index contributed by atoms with van der Waals surface area (Å²) in [4.78, 5) is 33.7. The molecule has 1 atom stereocenters. The van der Waals surface area contributed by atoms with Crippen molar-refractivity contribution in [3.05, 3.63) is 88.4 Å². The Labute approximate surface area is 201 Å². The summed E-state index contributed by atoms with van der Waals surface area (Å²) in [5.41, 5.74) is 2.39. The number of halogens is 1. The van der Waals surface area contributed by atoms with Crippen LogP contribution >= 0.6 is 15.9 Å². The number of Topliss-reactive ketones (excluding diaryl/α,β-unsaturated/α-hetero) is 1. The minimum atomic E-state index is -0.667. The van der Waals surface area contributed by atoms with Crippen LogP contribution in [0.1, 0.15) is 23.6 Å². The molecule has 1 aromatic heterocycles. The molecule has 1 unspecified atom stereocenters. The summed E-state index contributed by atoms with van der Waals surface area (Å²) < 4.78 is 2.79. The molecule has 1 amide bonds. The van der Waals surface area contributed by atoms with Crippen LogP contribution in [0.2, 0.25) is 0 Å². The summed E-state index contributed by atoms with van der Waals surface area (Å²) in [5.74, 6) is -1.43. The maximum atomic E-state index is 13.1. The molecule has 0 spiro atoms. The van der Waals surface area contributed by atoms with Gasteiger partial charge < -0.3 is 19.5 Å². The average Bonchev–Trinajstić information content (AvgIpc) is 3.41. The van der Waals surface area contributed by atoms with Crippen molar-refractivity contribution in [2.75, 3.05) is 25.5 Å². The molecule has 2 aromatic carbocycles. The number of likely N-dealkylation sites (tertiary alicyclic amines) is 1. The van der Waals surface area contributed by atoms with Crippen LogP contribution in [0, 0.1) is 0 Å². The Morgan fingerprint density at radius 3 is 2.36 bits per heavy atom. The van der Waals surface area contributed by atoms with Crippen molar-refractivity contribution in [3.63, 3.8) is 0 Å². The van der Waals surface area contributed by atoms with Gasteiger partial charge in [0.05, 0.1) is 17.9 Å². The highest BCUT2D eigenvalue weighted by molar-refractivity contribution is 9.10. The zero-order valence-corrected chi connectivity index (χ0v) is 20.1. The molecule has 3 aromatic rings. The molecule has 8 heteroatoms. The Kier molecular flexibility index (Phi) is 6.65. The Balaban J connectivity index is 1.73. The lowest BCUT2D eigenvalue weighted by Crippen LogP contribution is -2.31. The normalized spacial score (nSPS) is 17.5. The number of nitrogens with zero attached hydrogens (tertiary/aromatic N) is 4. The third kappa shape index (κ3) is 4.71. The number of aromatic nitrogens is 2. The maximum absolute atomic E-state index is 13.1. The molecule has 0 aliphatic carbocycles. The van der Waals surface area contributed by atoms with Crippen molar-refractivity contribution >= 4 is 39.1 Å². The van der Waals surface area contributed by atoms with E-state index < -0.39 is 17.7 Å². The molecule has 0 saturated carbocycles. The van der Waals surface area contributed by atoms with E-state index in [9.17, 15) is 14.7 Å². The number of amides is 1. The van der Waals surface area contributed by atoms with Crippen LogP contribution in [0.25, 0.3) is 5.76 Å². The SMILES string of the molecule is CN(C)c1ccc(C2/C(=C(\O)c3ccc(Br)cc3)C(=O)C(=O)N2CCCn2ccnc2)cc1. The van der Waals surface area contributed by atoms with Gasteiger partial charge in [-0.25, -0.2) is 4.98 Å². The largest absolute Gasteiger partial charge is 0.507 e. The molecule has 170 valence electrons. The van der Waals surface area contributed by atoms with Crippen LogP contribution in [-0.4, -0.2) is 51.9 Å². The van der Waals surface area contributed by atoms with Gasteiger partial charge >= 0.3 is 0 Å². The summed E-state index contributed by atoms with van der Waals surface area (Å²) in [7, 11) is 3.90. The topological polar surface area (TPSA) is 78.7 Å². The lowest BCUT2D eigenvalue weighted by atomic mass is 9.95. The number of aryl methyl sites for hydroxylation is 1. The quantitative estimate of drug-likeness (QED) is 0.293. The van der Waals surface area contributed by atoms with E-state index in [-0.39, 0.29) is 11.3 Å². The molecular formula is C25H25BrN4O3. The summed E-state index contributed by atoms with van der Waals surface area (Å²) in [6.45, 7) is 1.04. The molecule has 1 aliphatic rings. The number of hydrogen-bond donors (Lipinski definition) is 1. The van der Waals surface area contributed by atoms with Gasteiger partial charge in [0.2, 0.25) is 0 Å². The second-order valence-electron chi connectivity index (χ2n) is 8.14. The Hall–Kier alpha value is -3.39. The predicted molar refractivity (Wildman–Crippen MR) is 131 cm³/mol. The Morgan fingerprint density at radius 2 is 1.76 bits per heavy atom. The van der Waals surface area contributed by atoms with Crippen LogP contribution in [-0.2, 0) is 16.1 Å². The van der Waals surface area contributed by atoms with E-state index in [4.69, 9.17) is 0 Å². The summed E-state index contributed by atoms with van der Waals surface area (Å²) in [6.07, 6.45) is 5.93. The van der Waals surface area contributed by atoms with E-state index in [1.807, 2.05) is 54.0 Å². The van der Waals surface area contributed by atoms with Gasteiger partial charge in [0, 0.05) is 55.3 Å². The van der Waals surface area contributed by atoms with Gasteiger partial charge in [0.25, 0.3) is 11.7 Å². The number of carbonyl (C=O) groups is 2. The van der Waals surface area contributed by atoms with Gasteiger partial charge in [-0.2, -0.15) is 0 Å². The highest BCUT2D eigenvalue weighted by Crippen LogP contribution is 2.40. The van der Waals surface area contributed by atoms with E-state index in [1.165, 1.54) is 0 Å². The summed E-state index contributed by atoms with van der Waals surface area (Å²) in [5, 5.41) is 11.1. The first-order valence-corrected chi connectivity index (χ1v) is 11.4. The van der Waals surface area contributed by atoms with E-state index in [1.54, 1.807) is 41.7 Å². The van der Waals surface area contributed by atoms with E-state index in [0.29, 0.717) is 25.1 Å². The Bertz CT molecular complexity index is 1170. The smallest absolute Gasteiger partial charge is 0.295 e. The van der Waals surface area contributed by atoms with Gasteiger partial charge in [-0.15, -0.1) is 0 Å². The minimum absolute atomic E-state index is 0.113. The van der Waals surface area contributed by atoms with Gasteiger partial charge in [0.15, 0.2) is 0 Å². The fraction of sp³-hybridized carbons (Fsp3) is 0.240. The number of rotatable bonds is 7. The van der Waals surface area contributed by atoms with Gasteiger partial charge in [-0.05, 0) is 36.2 Å². The van der Waals surface area contributed by atoms with Crippen LogP contribution in [0.4, 0.5) is 5.69 Å². The van der Waals surface area contributed by atoms with E-state index in [2.05, 4.69) is 20.9 Å². The average molecular weight is 509 g/mol. The van der Waals surface area contributed by atoms with Crippen molar-refractivity contribution in [2.45, 2.75) is 19.0 Å². The number of hydrogen-bond acceptors (Lipinski definition) is 5. The first kappa shape index (κ1) is 22.8. The van der Waals surface area contributed by atoms with Crippen molar-refractivity contribution < 1.29 is 14.7 Å². The van der Waals surface area contributed by atoms with Gasteiger partial charge in [-0.1, -0.05) is 40.2 Å². The number of aliphatic hydroxyl groups is 1. The second-order valence-corrected chi connectivity index (χ2v) is 9.06. The van der Waals surface area contributed by atoms with Crippen LogP contribution in [0.5, 0.6) is 0 Å². The van der Waals surface area contributed by atoms with E-state index >= 15 is 0 Å². The molecule has 7 nitrogen and oxygen atoms in total. The van der Waals surface area contributed by atoms with Crippen molar-refractivity contribution in [1.29, 1.82) is 0 Å². The molecule has 4 rings (SSSR count). The number of ketones is 1. The third-order valence-electron chi connectivity index (χ3n) is 5.76. The Morgan fingerprint density at radius 1 is 1.06 bits per heavy atom. The van der Waals surface area contributed by atoms with E-state index in [0.717, 1.165) is 15.7 Å². The zero-order chi connectivity index (χ0) is 23.5. The second kappa shape index (κ2) is 9.62. The number of imidazole rings is 1. The fourth-order valence-electron chi connectivity index (χ4n) is 4.02. The number of anilines is 1. The van der Waals surface area contributed by atoms with Gasteiger partial charge in [-0.3, -0.25) is 9.59 Å². The molecular weight excluding hydrogens is 484 g/mol. The molecule has 33 heavy (non-hydrogen) atoms. The number of benzene rings is 2. The summed E-state index contributed by atoms with van der Waals surface area (Å²) >= 11 is 3.38. The van der Waals surface area contributed by atoms with Crippen LogP contribution < -0.4 is 4.90 Å². The maximum Gasteiger partial charge on any atom is 0.295 e. The first-order valence-electron chi connectivity index (χ1n) is 10.6. The molecule has 1 aliphatic heterocycles. The van der Waals surface area contributed by atoms with Crippen LogP contribution in [0.3, 0.4) is 0 Å². The molecule has 2 heterocycles. The number of carbonyl (C=O) groups excluding carboxylic acids is 2. The first-order chi connectivity index (χ1) is 15.9. The molecule has 1 fully saturated rings.